The Morgan fingerprint density at radius 2 is 2.16 bits per heavy atom. The molecule has 1 fully saturated rings. The van der Waals surface area contributed by atoms with E-state index < -0.39 is 18.5 Å². The van der Waals surface area contributed by atoms with Gasteiger partial charge in [0, 0.05) is 6.54 Å². The van der Waals surface area contributed by atoms with Gasteiger partial charge in [0.1, 0.15) is 5.82 Å². The zero-order chi connectivity index (χ0) is 17.4. The second-order valence-electron chi connectivity index (χ2n) is 5.91. The van der Waals surface area contributed by atoms with Crippen molar-refractivity contribution in [2.45, 2.75) is 31.9 Å². The van der Waals surface area contributed by atoms with E-state index in [0.717, 1.165) is 35.7 Å². The summed E-state index contributed by atoms with van der Waals surface area (Å²) in [6, 6.07) is 6.58. The zero-order valence-electron chi connectivity index (χ0n) is 13.2. The molecule has 3 aromatic rings. The van der Waals surface area contributed by atoms with Gasteiger partial charge in [-0.1, -0.05) is 12.1 Å². The fourth-order valence-corrected chi connectivity index (χ4v) is 3.77. The molecule has 3 heterocycles. The van der Waals surface area contributed by atoms with E-state index in [-0.39, 0.29) is 6.04 Å². The van der Waals surface area contributed by atoms with Gasteiger partial charge >= 0.3 is 0 Å². The van der Waals surface area contributed by atoms with E-state index >= 15 is 0 Å². The third kappa shape index (κ3) is 2.88. The number of anilines is 1. The van der Waals surface area contributed by atoms with Crippen molar-refractivity contribution in [3.63, 3.8) is 0 Å². The summed E-state index contributed by atoms with van der Waals surface area (Å²) in [7, 11) is 0. The van der Waals surface area contributed by atoms with Crippen molar-refractivity contribution in [2.24, 2.45) is 0 Å². The summed E-state index contributed by atoms with van der Waals surface area (Å²) in [5.41, 5.74) is 0.0976. The van der Waals surface area contributed by atoms with E-state index in [9.17, 15) is 13.6 Å². The Balaban J connectivity index is 1.89. The molecule has 6 nitrogen and oxygen atoms in total. The Hall–Kier alpha value is -2.42. The first-order valence-corrected chi connectivity index (χ1v) is 8.70. The van der Waals surface area contributed by atoms with Crippen LogP contribution >= 0.6 is 11.7 Å². The van der Waals surface area contributed by atoms with Gasteiger partial charge in [0.25, 0.3) is 12.0 Å². The molecule has 1 aliphatic heterocycles. The number of halogens is 2. The van der Waals surface area contributed by atoms with Gasteiger partial charge in [-0.2, -0.15) is 8.75 Å². The van der Waals surface area contributed by atoms with E-state index in [1.54, 1.807) is 30.5 Å². The number of alkyl halides is 2. The van der Waals surface area contributed by atoms with Gasteiger partial charge in [-0.25, -0.2) is 13.8 Å². The molecule has 1 aromatic carbocycles. The first-order chi connectivity index (χ1) is 12.1. The van der Waals surface area contributed by atoms with Crippen molar-refractivity contribution in [2.75, 3.05) is 11.4 Å². The van der Waals surface area contributed by atoms with Crippen LogP contribution in [0.25, 0.3) is 10.9 Å². The molecule has 0 amide bonds. The first-order valence-electron chi connectivity index (χ1n) is 7.97. The summed E-state index contributed by atoms with van der Waals surface area (Å²) in [5.74, 6) is 1.06. The number of fused-ring (bicyclic) bond motifs is 1. The van der Waals surface area contributed by atoms with Crippen molar-refractivity contribution in [1.82, 2.24) is 18.3 Å². The first kappa shape index (κ1) is 16.1. The van der Waals surface area contributed by atoms with E-state index in [0.29, 0.717) is 22.5 Å². The van der Waals surface area contributed by atoms with Crippen LogP contribution in [0.4, 0.5) is 14.6 Å². The molecule has 1 saturated heterocycles. The third-order valence-electron chi connectivity index (χ3n) is 4.41. The molecule has 1 atom stereocenters. The van der Waals surface area contributed by atoms with Crippen LogP contribution in [-0.4, -0.2) is 31.3 Å². The highest BCUT2D eigenvalue weighted by atomic mass is 32.1. The monoisotopic (exact) mass is 363 g/mol. The molecular formula is C16H15F2N5OS. The fraction of sp³-hybridized carbons (Fsp3) is 0.375. The Morgan fingerprint density at radius 3 is 2.92 bits per heavy atom. The Morgan fingerprint density at radius 1 is 1.32 bits per heavy atom. The SMILES string of the molecule is O=c1c2ccccc2nc(C2CCCN2c2cnsn2)n1CC(F)F. The predicted molar refractivity (Wildman–Crippen MR) is 91.2 cm³/mol. The smallest absolute Gasteiger partial charge is 0.261 e. The molecule has 0 radical (unpaired) electrons. The van der Waals surface area contributed by atoms with Gasteiger partial charge in [0.2, 0.25) is 0 Å². The third-order valence-corrected chi connectivity index (χ3v) is 4.87. The van der Waals surface area contributed by atoms with Gasteiger partial charge in [0.15, 0.2) is 5.82 Å². The standard InChI is InChI=1S/C16H15F2N5OS/c17-13(18)9-23-15(20-11-5-2-1-4-10(11)16(23)24)12-6-3-7-22(12)14-8-19-25-21-14/h1-2,4-5,8,12-13H,3,6-7,9H2. The van der Waals surface area contributed by atoms with Crippen LogP contribution in [0.2, 0.25) is 0 Å². The summed E-state index contributed by atoms with van der Waals surface area (Å²) in [5, 5.41) is 0.353. The highest BCUT2D eigenvalue weighted by Crippen LogP contribution is 2.34. The minimum Gasteiger partial charge on any atom is -0.344 e. The maximum atomic E-state index is 13.1. The molecule has 2 aromatic heterocycles. The van der Waals surface area contributed by atoms with Crippen LogP contribution in [0.3, 0.4) is 0 Å². The average Bonchev–Trinajstić information content (AvgIpc) is 3.27. The van der Waals surface area contributed by atoms with Crippen LogP contribution in [0, 0.1) is 0 Å². The number of benzene rings is 1. The van der Waals surface area contributed by atoms with Gasteiger partial charge in [-0.15, -0.1) is 0 Å². The molecule has 1 unspecified atom stereocenters. The molecule has 4 rings (SSSR count). The molecule has 25 heavy (non-hydrogen) atoms. The van der Waals surface area contributed by atoms with Crippen molar-refractivity contribution in [3.8, 4) is 0 Å². The lowest BCUT2D eigenvalue weighted by Gasteiger charge is -2.26. The minimum atomic E-state index is -2.63. The van der Waals surface area contributed by atoms with Crippen molar-refractivity contribution >= 4 is 28.4 Å². The van der Waals surface area contributed by atoms with E-state index in [2.05, 4.69) is 13.7 Å². The van der Waals surface area contributed by atoms with Gasteiger partial charge in [0.05, 0.1) is 41.4 Å². The highest BCUT2D eigenvalue weighted by Gasteiger charge is 2.32. The van der Waals surface area contributed by atoms with Crippen LogP contribution in [0.1, 0.15) is 24.7 Å². The number of hydrogen-bond acceptors (Lipinski definition) is 6. The maximum absolute atomic E-state index is 13.1. The van der Waals surface area contributed by atoms with Crippen molar-refractivity contribution < 1.29 is 8.78 Å². The predicted octanol–water partition coefficient (Wildman–Crippen LogP) is 2.85. The number of rotatable bonds is 4. The second-order valence-corrected chi connectivity index (χ2v) is 6.47. The minimum absolute atomic E-state index is 0.264. The van der Waals surface area contributed by atoms with E-state index in [1.165, 1.54) is 0 Å². The number of nitrogens with zero attached hydrogens (tertiary/aromatic N) is 5. The maximum Gasteiger partial charge on any atom is 0.261 e. The highest BCUT2D eigenvalue weighted by molar-refractivity contribution is 6.99. The number of para-hydroxylation sites is 1. The lowest BCUT2D eigenvalue weighted by molar-refractivity contribution is 0.123. The molecule has 0 aliphatic carbocycles. The lowest BCUT2D eigenvalue weighted by atomic mass is 10.1. The normalized spacial score (nSPS) is 17.7. The molecule has 0 spiro atoms. The molecule has 0 N–H and O–H groups in total. The van der Waals surface area contributed by atoms with Crippen LogP contribution in [0.5, 0.6) is 0 Å². The van der Waals surface area contributed by atoms with Gasteiger partial charge < -0.3 is 4.90 Å². The Bertz CT molecular complexity index is 943. The summed E-state index contributed by atoms with van der Waals surface area (Å²) < 4.78 is 35.6. The molecular weight excluding hydrogens is 348 g/mol. The fourth-order valence-electron chi connectivity index (χ4n) is 3.35. The Labute approximate surface area is 146 Å². The number of hydrogen-bond donors (Lipinski definition) is 0. The van der Waals surface area contributed by atoms with Crippen LogP contribution in [-0.2, 0) is 6.54 Å². The van der Waals surface area contributed by atoms with Crippen molar-refractivity contribution in [1.29, 1.82) is 0 Å². The summed E-state index contributed by atoms with van der Waals surface area (Å²) in [6.07, 6.45) is 0.625. The molecule has 130 valence electrons. The quantitative estimate of drug-likeness (QED) is 0.713. The molecule has 0 saturated carbocycles. The molecule has 1 aliphatic rings. The molecule has 0 bridgehead atoms. The van der Waals surface area contributed by atoms with Gasteiger partial charge in [-0.3, -0.25) is 9.36 Å². The van der Waals surface area contributed by atoms with E-state index in [4.69, 9.17) is 0 Å². The topological polar surface area (TPSA) is 63.9 Å². The van der Waals surface area contributed by atoms with Crippen LogP contribution < -0.4 is 10.5 Å². The van der Waals surface area contributed by atoms with Crippen molar-refractivity contribution in [3.05, 3.63) is 46.6 Å². The summed E-state index contributed by atoms with van der Waals surface area (Å²) in [4.78, 5) is 19.3. The zero-order valence-corrected chi connectivity index (χ0v) is 14.0. The largest absolute Gasteiger partial charge is 0.344 e. The van der Waals surface area contributed by atoms with Gasteiger partial charge in [-0.05, 0) is 25.0 Å². The summed E-state index contributed by atoms with van der Waals surface area (Å²) >= 11 is 1.09. The van der Waals surface area contributed by atoms with E-state index in [1.807, 2.05) is 4.90 Å². The summed E-state index contributed by atoms with van der Waals surface area (Å²) in [6.45, 7) is 0.0686. The van der Waals surface area contributed by atoms with Crippen LogP contribution in [0.15, 0.2) is 35.3 Å². The Kier molecular flexibility index (Phi) is 4.16. The molecule has 9 heteroatoms. The lowest BCUT2D eigenvalue weighted by Crippen LogP contribution is -2.33. The number of aromatic nitrogens is 4. The average molecular weight is 363 g/mol. The second kappa shape index (κ2) is 6.47.